The molecule has 0 saturated heterocycles. The lowest BCUT2D eigenvalue weighted by Gasteiger charge is -2.12. The summed E-state index contributed by atoms with van der Waals surface area (Å²) in [7, 11) is 0. The number of anilines is 2. The Balaban J connectivity index is 1.75. The van der Waals surface area contributed by atoms with Crippen molar-refractivity contribution in [2.45, 2.75) is 18.4 Å². The molecule has 156 valence electrons. The van der Waals surface area contributed by atoms with Gasteiger partial charge in [-0.05, 0) is 31.2 Å². The number of thioether (sulfide) groups is 1. The third-order valence-corrected chi connectivity index (χ3v) is 5.19. The maximum Gasteiger partial charge on any atom is 0.225 e. The predicted octanol–water partition coefficient (Wildman–Crippen LogP) is 4.19. The van der Waals surface area contributed by atoms with Gasteiger partial charge in [0.1, 0.15) is 40.1 Å². The zero-order valence-corrected chi connectivity index (χ0v) is 17.5. The van der Waals surface area contributed by atoms with Crippen molar-refractivity contribution in [3.63, 3.8) is 0 Å². The van der Waals surface area contributed by atoms with Crippen LogP contribution in [0.5, 0.6) is 5.75 Å². The molecule has 0 bridgehead atoms. The molecule has 2 heterocycles. The molecule has 8 nitrogen and oxygen atoms in total. The van der Waals surface area contributed by atoms with E-state index in [1.165, 1.54) is 18.0 Å². The van der Waals surface area contributed by atoms with Crippen molar-refractivity contribution in [1.82, 2.24) is 4.98 Å². The second kappa shape index (κ2) is 10.2. The first-order valence-corrected chi connectivity index (χ1v) is 10.4. The van der Waals surface area contributed by atoms with E-state index in [0.717, 1.165) is 0 Å². The van der Waals surface area contributed by atoms with Crippen LogP contribution in [0.15, 0.2) is 52.1 Å². The van der Waals surface area contributed by atoms with Crippen molar-refractivity contribution in [3.8, 4) is 29.2 Å². The maximum atomic E-state index is 12.4. The van der Waals surface area contributed by atoms with Gasteiger partial charge in [-0.3, -0.25) is 4.79 Å². The minimum absolute atomic E-state index is 0.00509. The van der Waals surface area contributed by atoms with Crippen molar-refractivity contribution in [1.29, 1.82) is 10.5 Å². The number of aromatic nitrogens is 1. The van der Waals surface area contributed by atoms with Crippen LogP contribution in [0, 0.1) is 22.7 Å². The van der Waals surface area contributed by atoms with Crippen LogP contribution >= 0.6 is 11.8 Å². The topological polar surface area (TPSA) is 138 Å². The Bertz CT molecular complexity index is 1160. The van der Waals surface area contributed by atoms with Gasteiger partial charge in [-0.15, -0.1) is 11.8 Å². The monoisotopic (exact) mass is 433 g/mol. The average Bonchev–Trinajstić information content (AvgIpc) is 3.29. The van der Waals surface area contributed by atoms with E-state index in [1.807, 2.05) is 25.1 Å². The molecule has 0 fully saturated rings. The fourth-order valence-corrected chi connectivity index (χ4v) is 3.81. The highest BCUT2D eigenvalue weighted by molar-refractivity contribution is 7.99. The Labute approximate surface area is 183 Å². The van der Waals surface area contributed by atoms with Crippen LogP contribution in [-0.2, 0) is 4.79 Å². The molecule has 0 spiro atoms. The standard InChI is InChI=1S/C22H19N5O3S/c1-2-29-17-7-4-3-6-16(17)26-19(28)9-11-31-22-15(13-24)20(18-8-5-10-30-18)14(12-23)21(25)27-22/h3-8,10H,2,9,11H2,1H3,(H2,25,27)(H,26,28). The minimum Gasteiger partial charge on any atom is -0.492 e. The van der Waals surface area contributed by atoms with Gasteiger partial charge in [-0.1, -0.05) is 12.1 Å². The number of furan rings is 1. The van der Waals surface area contributed by atoms with Gasteiger partial charge < -0.3 is 20.2 Å². The van der Waals surface area contributed by atoms with Gasteiger partial charge in [0.15, 0.2) is 0 Å². The van der Waals surface area contributed by atoms with E-state index in [1.54, 1.807) is 24.3 Å². The average molecular weight is 433 g/mol. The highest BCUT2D eigenvalue weighted by Gasteiger charge is 2.22. The van der Waals surface area contributed by atoms with Gasteiger partial charge in [-0.25, -0.2) is 4.98 Å². The van der Waals surface area contributed by atoms with Gasteiger partial charge in [0.2, 0.25) is 5.91 Å². The zero-order valence-electron chi connectivity index (χ0n) is 16.7. The summed E-state index contributed by atoms with van der Waals surface area (Å²) in [5.74, 6) is 1.11. The molecule has 3 N–H and O–H groups in total. The summed E-state index contributed by atoms with van der Waals surface area (Å²) in [5.41, 5.74) is 7.12. The van der Waals surface area contributed by atoms with Crippen molar-refractivity contribution in [2.24, 2.45) is 0 Å². The molecule has 31 heavy (non-hydrogen) atoms. The number of rotatable bonds is 8. The number of hydrogen-bond acceptors (Lipinski definition) is 8. The molecule has 0 radical (unpaired) electrons. The lowest BCUT2D eigenvalue weighted by Crippen LogP contribution is -2.13. The van der Waals surface area contributed by atoms with Crippen LogP contribution in [-0.4, -0.2) is 23.3 Å². The molecule has 1 aromatic carbocycles. The van der Waals surface area contributed by atoms with Gasteiger partial charge >= 0.3 is 0 Å². The van der Waals surface area contributed by atoms with E-state index in [4.69, 9.17) is 14.9 Å². The normalized spacial score (nSPS) is 10.2. The lowest BCUT2D eigenvalue weighted by molar-refractivity contribution is -0.115. The summed E-state index contributed by atoms with van der Waals surface area (Å²) < 4.78 is 10.9. The summed E-state index contributed by atoms with van der Waals surface area (Å²) in [6.45, 7) is 2.36. The summed E-state index contributed by atoms with van der Waals surface area (Å²) in [5, 5.41) is 22.3. The largest absolute Gasteiger partial charge is 0.492 e. The number of nitrogen functional groups attached to an aromatic ring is 1. The fourth-order valence-electron chi connectivity index (χ4n) is 2.87. The summed E-state index contributed by atoms with van der Waals surface area (Å²) in [6, 6.07) is 14.6. The molecule has 0 atom stereocenters. The maximum absolute atomic E-state index is 12.4. The van der Waals surface area contributed by atoms with Crippen molar-refractivity contribution >= 4 is 29.2 Å². The van der Waals surface area contributed by atoms with Crippen LogP contribution in [0.2, 0.25) is 0 Å². The van der Waals surface area contributed by atoms with Gasteiger partial charge in [0.25, 0.3) is 0 Å². The first-order valence-electron chi connectivity index (χ1n) is 9.41. The first kappa shape index (κ1) is 21.8. The first-order chi connectivity index (χ1) is 15.1. The van der Waals surface area contributed by atoms with E-state index >= 15 is 0 Å². The molecule has 1 amide bonds. The molecule has 3 rings (SSSR count). The summed E-state index contributed by atoms with van der Waals surface area (Å²) >= 11 is 1.21. The number of nitriles is 2. The molecule has 0 saturated carbocycles. The Morgan fingerprint density at radius 2 is 2.00 bits per heavy atom. The second-order valence-corrected chi connectivity index (χ2v) is 7.29. The minimum atomic E-state index is -0.203. The van der Waals surface area contributed by atoms with Crippen LogP contribution < -0.4 is 15.8 Å². The highest BCUT2D eigenvalue weighted by atomic mass is 32.2. The third kappa shape index (κ3) is 4.97. The SMILES string of the molecule is CCOc1ccccc1NC(=O)CCSc1nc(N)c(C#N)c(-c2ccco2)c1C#N. The molecule has 3 aromatic rings. The van der Waals surface area contributed by atoms with Crippen molar-refractivity contribution < 1.29 is 13.9 Å². The number of para-hydroxylation sites is 2. The van der Waals surface area contributed by atoms with E-state index in [-0.39, 0.29) is 29.3 Å². The fraction of sp³-hybridized carbons (Fsp3) is 0.182. The lowest BCUT2D eigenvalue weighted by atomic mass is 10.0. The van der Waals surface area contributed by atoms with Crippen LogP contribution in [0.4, 0.5) is 11.5 Å². The number of hydrogen-bond donors (Lipinski definition) is 2. The third-order valence-electron chi connectivity index (χ3n) is 4.21. The second-order valence-electron chi connectivity index (χ2n) is 6.20. The van der Waals surface area contributed by atoms with Crippen LogP contribution in [0.25, 0.3) is 11.3 Å². The van der Waals surface area contributed by atoms with Crippen LogP contribution in [0.1, 0.15) is 24.5 Å². The molecule has 2 aromatic heterocycles. The molecule has 0 aliphatic rings. The molecule has 0 unspecified atom stereocenters. The Hall–Kier alpha value is -3.95. The quantitative estimate of drug-likeness (QED) is 0.504. The Morgan fingerprint density at radius 1 is 1.23 bits per heavy atom. The van der Waals surface area contributed by atoms with E-state index < -0.39 is 0 Å². The van der Waals surface area contributed by atoms with Gasteiger partial charge in [0.05, 0.1) is 29.7 Å². The van der Waals surface area contributed by atoms with E-state index in [2.05, 4.69) is 16.4 Å². The van der Waals surface area contributed by atoms with E-state index in [0.29, 0.717) is 40.1 Å². The van der Waals surface area contributed by atoms with Crippen molar-refractivity contribution in [3.05, 3.63) is 53.8 Å². The van der Waals surface area contributed by atoms with E-state index in [9.17, 15) is 15.3 Å². The molecule has 0 aliphatic heterocycles. The number of carbonyl (C=O) groups is 1. The molecule has 9 heteroatoms. The molecular weight excluding hydrogens is 414 g/mol. The zero-order chi connectivity index (χ0) is 22.2. The summed E-state index contributed by atoms with van der Waals surface area (Å²) in [4.78, 5) is 16.6. The van der Waals surface area contributed by atoms with Crippen LogP contribution in [0.3, 0.4) is 0 Å². The molecular formula is C22H19N5O3S. The number of amides is 1. The number of pyridine rings is 1. The number of nitrogens with two attached hydrogens (primary N) is 1. The number of carbonyl (C=O) groups excluding carboxylic acids is 1. The number of benzene rings is 1. The number of nitrogens with zero attached hydrogens (tertiary/aromatic N) is 3. The summed E-state index contributed by atoms with van der Waals surface area (Å²) in [6.07, 6.45) is 1.62. The van der Waals surface area contributed by atoms with Gasteiger partial charge in [0, 0.05) is 12.2 Å². The van der Waals surface area contributed by atoms with Crippen molar-refractivity contribution in [2.75, 3.05) is 23.4 Å². The molecule has 0 aliphatic carbocycles. The smallest absolute Gasteiger partial charge is 0.225 e. The predicted molar refractivity (Wildman–Crippen MR) is 117 cm³/mol. The number of nitrogens with one attached hydrogen (secondary N) is 1. The Morgan fingerprint density at radius 3 is 2.68 bits per heavy atom. The number of ether oxygens (including phenoxy) is 1. The highest BCUT2D eigenvalue weighted by Crippen LogP contribution is 2.36. The van der Waals surface area contributed by atoms with Gasteiger partial charge in [-0.2, -0.15) is 10.5 Å². The Kier molecular flexibility index (Phi) is 7.15.